The van der Waals surface area contributed by atoms with Crippen LogP contribution in [-0.2, 0) is 0 Å². The van der Waals surface area contributed by atoms with E-state index in [0.29, 0.717) is 0 Å². The predicted octanol–water partition coefficient (Wildman–Crippen LogP) is 3.21. The van der Waals surface area contributed by atoms with Crippen LogP contribution in [0.25, 0.3) is 0 Å². The van der Waals surface area contributed by atoms with E-state index in [1.807, 2.05) is 0 Å². The van der Waals surface area contributed by atoms with Crippen molar-refractivity contribution in [3.05, 3.63) is 35.5 Å². The lowest BCUT2D eigenvalue weighted by Crippen LogP contribution is -2.19. The highest BCUT2D eigenvalue weighted by molar-refractivity contribution is 5.38. The minimum absolute atomic E-state index is 0.217. The lowest BCUT2D eigenvalue weighted by molar-refractivity contribution is 0.626. The Morgan fingerprint density at radius 3 is 2.40 bits per heavy atom. The van der Waals surface area contributed by atoms with Crippen molar-refractivity contribution in [2.24, 2.45) is 5.41 Å². The van der Waals surface area contributed by atoms with Gasteiger partial charge in [-0.3, -0.25) is 0 Å². The van der Waals surface area contributed by atoms with Gasteiger partial charge in [0.1, 0.15) is 0 Å². The van der Waals surface area contributed by atoms with Crippen LogP contribution in [0.2, 0.25) is 0 Å². The SMILES string of the molecule is CC1(C)C=CC2=C(C=C1)CCNCCC2. The molecule has 2 aliphatic rings. The van der Waals surface area contributed by atoms with Crippen LogP contribution in [0.5, 0.6) is 0 Å². The zero-order chi connectivity index (χ0) is 10.7. The number of nitrogens with one attached hydrogen (secondary N) is 1. The fraction of sp³-hybridized carbons (Fsp3) is 0.571. The molecule has 1 aliphatic carbocycles. The summed E-state index contributed by atoms with van der Waals surface area (Å²) in [6.07, 6.45) is 13.0. The first-order valence-corrected chi connectivity index (χ1v) is 5.99. The lowest BCUT2D eigenvalue weighted by atomic mass is 9.93. The van der Waals surface area contributed by atoms with Crippen LogP contribution in [0.3, 0.4) is 0 Å². The molecule has 1 heterocycles. The number of rotatable bonds is 0. The van der Waals surface area contributed by atoms with Gasteiger partial charge in [-0.25, -0.2) is 0 Å². The number of hydrogen-bond acceptors (Lipinski definition) is 1. The van der Waals surface area contributed by atoms with Crippen LogP contribution in [-0.4, -0.2) is 13.1 Å². The van der Waals surface area contributed by atoms with E-state index in [4.69, 9.17) is 0 Å². The maximum absolute atomic E-state index is 3.47. The van der Waals surface area contributed by atoms with Crippen molar-refractivity contribution in [1.82, 2.24) is 5.32 Å². The van der Waals surface area contributed by atoms with Crippen molar-refractivity contribution in [1.29, 1.82) is 0 Å². The van der Waals surface area contributed by atoms with Gasteiger partial charge in [-0.05, 0) is 43.5 Å². The third kappa shape index (κ3) is 2.82. The van der Waals surface area contributed by atoms with Gasteiger partial charge in [0.2, 0.25) is 0 Å². The van der Waals surface area contributed by atoms with Crippen LogP contribution in [0.4, 0.5) is 0 Å². The minimum atomic E-state index is 0.217. The van der Waals surface area contributed by atoms with E-state index in [-0.39, 0.29) is 5.41 Å². The van der Waals surface area contributed by atoms with E-state index in [1.54, 1.807) is 5.57 Å². The molecular weight excluding hydrogens is 182 g/mol. The normalized spacial score (nSPS) is 25.5. The van der Waals surface area contributed by atoms with Gasteiger partial charge < -0.3 is 5.32 Å². The summed E-state index contributed by atoms with van der Waals surface area (Å²) in [5.74, 6) is 0. The highest BCUT2D eigenvalue weighted by atomic mass is 14.8. The Labute approximate surface area is 93.0 Å². The summed E-state index contributed by atoms with van der Waals surface area (Å²) in [5.41, 5.74) is 3.30. The van der Waals surface area contributed by atoms with Crippen molar-refractivity contribution < 1.29 is 0 Å². The standard InChI is InChI=1S/C14H21N/c1-14(2)8-5-12-4-3-10-15-11-7-13(12)6-9-14/h5-6,8-9,15H,3-4,7,10-11H2,1-2H3. The summed E-state index contributed by atoms with van der Waals surface area (Å²) >= 11 is 0. The average molecular weight is 203 g/mol. The summed E-state index contributed by atoms with van der Waals surface area (Å²) in [5, 5.41) is 3.47. The Morgan fingerprint density at radius 2 is 1.67 bits per heavy atom. The van der Waals surface area contributed by atoms with Crippen LogP contribution in [0, 0.1) is 5.41 Å². The molecule has 2 rings (SSSR count). The molecule has 1 heteroatoms. The average Bonchev–Trinajstić information content (AvgIpc) is 2.26. The molecule has 15 heavy (non-hydrogen) atoms. The largest absolute Gasteiger partial charge is 0.316 e. The van der Waals surface area contributed by atoms with Crippen molar-refractivity contribution >= 4 is 0 Å². The first-order valence-electron chi connectivity index (χ1n) is 5.99. The first kappa shape index (κ1) is 10.7. The second-order valence-electron chi connectivity index (χ2n) is 5.14. The summed E-state index contributed by atoms with van der Waals surface area (Å²) < 4.78 is 0. The molecule has 0 bridgehead atoms. The number of hydrogen-bond donors (Lipinski definition) is 1. The number of allylic oxidation sites excluding steroid dienone is 5. The fourth-order valence-electron chi connectivity index (χ4n) is 2.14. The molecular formula is C14H21N. The Balaban J connectivity index is 2.25. The van der Waals surface area contributed by atoms with Gasteiger partial charge in [-0.1, -0.05) is 38.2 Å². The highest BCUT2D eigenvalue weighted by Gasteiger charge is 2.14. The molecule has 0 spiro atoms. The second kappa shape index (κ2) is 4.36. The van der Waals surface area contributed by atoms with Gasteiger partial charge in [-0.2, -0.15) is 0 Å². The molecule has 0 atom stereocenters. The molecule has 0 fully saturated rings. The Bertz CT molecular complexity index is 288. The molecule has 1 aliphatic heterocycles. The summed E-state index contributed by atoms with van der Waals surface area (Å²) in [4.78, 5) is 0. The predicted molar refractivity (Wildman–Crippen MR) is 65.8 cm³/mol. The van der Waals surface area contributed by atoms with E-state index >= 15 is 0 Å². The topological polar surface area (TPSA) is 12.0 Å². The summed E-state index contributed by atoms with van der Waals surface area (Å²) in [6, 6.07) is 0. The zero-order valence-electron chi connectivity index (χ0n) is 9.84. The molecule has 0 aromatic heterocycles. The molecule has 82 valence electrons. The van der Waals surface area contributed by atoms with Gasteiger partial charge in [0.25, 0.3) is 0 Å². The van der Waals surface area contributed by atoms with Crippen molar-refractivity contribution in [2.75, 3.05) is 13.1 Å². The third-order valence-corrected chi connectivity index (χ3v) is 3.21. The van der Waals surface area contributed by atoms with Gasteiger partial charge in [0.15, 0.2) is 0 Å². The molecule has 0 unspecified atom stereocenters. The highest BCUT2D eigenvalue weighted by Crippen LogP contribution is 2.28. The molecule has 0 aromatic rings. The maximum atomic E-state index is 3.47. The fourth-order valence-corrected chi connectivity index (χ4v) is 2.14. The second-order valence-corrected chi connectivity index (χ2v) is 5.14. The smallest absolute Gasteiger partial charge is 0.00108 e. The molecule has 1 nitrogen and oxygen atoms in total. The quantitative estimate of drug-likeness (QED) is 0.637. The van der Waals surface area contributed by atoms with E-state index in [1.165, 1.54) is 24.8 Å². The van der Waals surface area contributed by atoms with Crippen molar-refractivity contribution in [2.45, 2.75) is 33.1 Å². The Hall–Kier alpha value is -0.820. The van der Waals surface area contributed by atoms with E-state index in [2.05, 4.69) is 43.5 Å². The van der Waals surface area contributed by atoms with Crippen LogP contribution >= 0.6 is 0 Å². The van der Waals surface area contributed by atoms with Crippen LogP contribution in [0.1, 0.15) is 33.1 Å². The Kier molecular flexibility index (Phi) is 3.11. The van der Waals surface area contributed by atoms with E-state index < -0.39 is 0 Å². The minimum Gasteiger partial charge on any atom is -0.316 e. The van der Waals surface area contributed by atoms with Crippen LogP contribution < -0.4 is 5.32 Å². The van der Waals surface area contributed by atoms with Crippen LogP contribution in [0.15, 0.2) is 35.5 Å². The molecule has 1 N–H and O–H groups in total. The molecule has 0 amide bonds. The van der Waals surface area contributed by atoms with Gasteiger partial charge in [0, 0.05) is 5.41 Å². The first-order chi connectivity index (χ1) is 7.17. The van der Waals surface area contributed by atoms with Gasteiger partial charge in [-0.15, -0.1) is 0 Å². The monoisotopic (exact) mass is 203 g/mol. The van der Waals surface area contributed by atoms with Crippen molar-refractivity contribution in [3.8, 4) is 0 Å². The van der Waals surface area contributed by atoms with Gasteiger partial charge >= 0.3 is 0 Å². The van der Waals surface area contributed by atoms with E-state index in [0.717, 1.165) is 13.1 Å². The lowest BCUT2D eigenvalue weighted by Gasteiger charge is -2.14. The van der Waals surface area contributed by atoms with E-state index in [9.17, 15) is 0 Å². The third-order valence-electron chi connectivity index (χ3n) is 3.21. The zero-order valence-corrected chi connectivity index (χ0v) is 9.84. The summed E-state index contributed by atoms with van der Waals surface area (Å²) in [6.45, 7) is 6.81. The molecule has 0 saturated carbocycles. The van der Waals surface area contributed by atoms with Gasteiger partial charge in [0.05, 0.1) is 0 Å². The summed E-state index contributed by atoms with van der Waals surface area (Å²) in [7, 11) is 0. The maximum Gasteiger partial charge on any atom is 0.00108 e. The van der Waals surface area contributed by atoms with Crippen molar-refractivity contribution in [3.63, 3.8) is 0 Å². The molecule has 0 saturated heterocycles. The molecule has 0 radical (unpaired) electrons. The molecule has 0 aromatic carbocycles. The Morgan fingerprint density at radius 1 is 1.00 bits per heavy atom.